The highest BCUT2D eigenvalue weighted by Crippen LogP contribution is 2.32. The van der Waals surface area contributed by atoms with Crippen LogP contribution in [0.5, 0.6) is 0 Å². The topological polar surface area (TPSA) is 66.9 Å². The number of urea groups is 1. The number of ether oxygens (including phenoxy) is 1. The molecule has 1 saturated heterocycles. The highest BCUT2D eigenvalue weighted by atomic mass is 16.5. The van der Waals surface area contributed by atoms with E-state index in [4.69, 9.17) is 4.74 Å². The van der Waals surface area contributed by atoms with Gasteiger partial charge in [0.15, 0.2) is 0 Å². The van der Waals surface area contributed by atoms with E-state index in [1.165, 1.54) is 14.1 Å². The number of carbonyl (C=O) groups excluding carboxylic acids is 3. The van der Waals surface area contributed by atoms with Gasteiger partial charge in [-0.25, -0.2) is 4.79 Å². The number of nitrogens with zero attached hydrogens (tertiary/aromatic N) is 2. The maximum absolute atomic E-state index is 12.1. The number of hydrogen-bond acceptors (Lipinski definition) is 4. The van der Waals surface area contributed by atoms with Gasteiger partial charge in [-0.1, -0.05) is 11.6 Å². The summed E-state index contributed by atoms with van der Waals surface area (Å²) in [6, 6.07) is -0.624. The van der Waals surface area contributed by atoms with Crippen LogP contribution in [0.1, 0.15) is 13.3 Å². The van der Waals surface area contributed by atoms with E-state index >= 15 is 0 Å². The van der Waals surface area contributed by atoms with Gasteiger partial charge in [0.05, 0.1) is 6.61 Å². The second-order valence-corrected chi connectivity index (χ2v) is 4.38. The van der Waals surface area contributed by atoms with Crippen molar-refractivity contribution in [3.05, 3.63) is 11.6 Å². The summed E-state index contributed by atoms with van der Waals surface area (Å²) >= 11 is 0. The van der Waals surface area contributed by atoms with Crippen LogP contribution in [0.2, 0.25) is 0 Å². The summed E-state index contributed by atoms with van der Waals surface area (Å²) in [6.07, 6.45) is 2.02. The van der Waals surface area contributed by atoms with Crippen molar-refractivity contribution in [3.63, 3.8) is 0 Å². The second kappa shape index (κ2) is 3.66. The van der Waals surface area contributed by atoms with Crippen LogP contribution in [0.15, 0.2) is 11.6 Å². The van der Waals surface area contributed by atoms with Gasteiger partial charge in [-0.15, -0.1) is 0 Å². The smallest absolute Gasteiger partial charge is 0.333 e. The van der Waals surface area contributed by atoms with Crippen LogP contribution in [-0.4, -0.2) is 53.9 Å². The van der Waals surface area contributed by atoms with Crippen LogP contribution in [0.25, 0.3) is 0 Å². The number of amides is 4. The summed E-state index contributed by atoms with van der Waals surface area (Å²) in [5.41, 5.74) is -0.634. The van der Waals surface area contributed by atoms with Gasteiger partial charge in [-0.2, -0.15) is 0 Å². The Morgan fingerprint density at radius 1 is 1.18 bits per heavy atom. The van der Waals surface area contributed by atoms with Gasteiger partial charge in [0.2, 0.25) is 5.60 Å². The highest BCUT2D eigenvalue weighted by molar-refractivity contribution is 6.21. The van der Waals surface area contributed by atoms with Gasteiger partial charge in [0.1, 0.15) is 0 Å². The maximum atomic E-state index is 12.1. The standard InChI is InChI=1S/C11H14N2O4/c1-7-4-5-17-11(6-7)8(14)12(2)10(16)13(3)9(11)15/h4H,5-6H2,1-3H3. The third kappa shape index (κ3) is 1.48. The normalized spacial score (nSPS) is 24.4. The van der Waals surface area contributed by atoms with Crippen LogP contribution >= 0.6 is 0 Å². The molecule has 0 unspecified atom stereocenters. The molecule has 0 atom stereocenters. The minimum Gasteiger partial charge on any atom is -0.352 e. The first-order valence-electron chi connectivity index (χ1n) is 5.30. The van der Waals surface area contributed by atoms with Crippen molar-refractivity contribution >= 4 is 17.8 Å². The van der Waals surface area contributed by atoms with Crippen LogP contribution in [0.3, 0.4) is 0 Å². The van der Waals surface area contributed by atoms with E-state index in [0.717, 1.165) is 15.4 Å². The average Bonchev–Trinajstić information content (AvgIpc) is 2.32. The van der Waals surface area contributed by atoms with E-state index in [9.17, 15) is 14.4 Å². The molecule has 92 valence electrons. The molecule has 17 heavy (non-hydrogen) atoms. The third-order valence-corrected chi connectivity index (χ3v) is 3.16. The number of barbiturate groups is 1. The van der Waals surface area contributed by atoms with Gasteiger partial charge < -0.3 is 4.74 Å². The van der Waals surface area contributed by atoms with E-state index in [-0.39, 0.29) is 13.0 Å². The molecule has 2 aliphatic heterocycles. The fourth-order valence-corrected chi connectivity index (χ4v) is 2.15. The number of carbonyl (C=O) groups is 3. The van der Waals surface area contributed by atoms with Crippen molar-refractivity contribution in [1.82, 2.24) is 9.80 Å². The summed E-state index contributed by atoms with van der Waals surface area (Å²) in [7, 11) is 2.71. The Hall–Kier alpha value is -1.69. The first kappa shape index (κ1) is 11.8. The summed E-state index contributed by atoms with van der Waals surface area (Å²) in [5.74, 6) is -1.17. The van der Waals surface area contributed by atoms with Crippen molar-refractivity contribution in [1.29, 1.82) is 0 Å². The lowest BCUT2D eigenvalue weighted by Gasteiger charge is -2.42. The first-order chi connectivity index (χ1) is 7.90. The predicted molar refractivity (Wildman–Crippen MR) is 58.0 cm³/mol. The highest BCUT2D eigenvalue weighted by Gasteiger charge is 2.57. The lowest BCUT2D eigenvalue weighted by Crippen LogP contribution is -2.68. The molecule has 0 bridgehead atoms. The van der Waals surface area contributed by atoms with E-state index in [1.807, 2.05) is 13.0 Å². The van der Waals surface area contributed by atoms with Gasteiger partial charge in [-0.3, -0.25) is 19.4 Å². The largest absolute Gasteiger partial charge is 0.352 e. The zero-order chi connectivity index (χ0) is 12.8. The predicted octanol–water partition coefficient (Wildman–Crippen LogP) is 0.142. The summed E-state index contributed by atoms with van der Waals surface area (Å²) in [5, 5.41) is 0. The molecule has 2 heterocycles. The quantitative estimate of drug-likeness (QED) is 0.445. The SMILES string of the molecule is CC1=CCOC2(C1)C(=O)N(C)C(=O)N(C)C2=O. The number of likely N-dealkylation sites (N-methyl/N-ethyl adjacent to an activating group) is 2. The minimum absolute atomic E-state index is 0.201. The Labute approximate surface area is 98.8 Å². The molecular weight excluding hydrogens is 224 g/mol. The Balaban J connectivity index is 2.45. The lowest BCUT2D eigenvalue weighted by molar-refractivity contribution is -0.175. The molecule has 0 aliphatic carbocycles. The zero-order valence-electron chi connectivity index (χ0n) is 10.0. The van der Waals surface area contributed by atoms with Crippen molar-refractivity contribution in [2.75, 3.05) is 20.7 Å². The Morgan fingerprint density at radius 2 is 1.71 bits per heavy atom. The monoisotopic (exact) mass is 238 g/mol. The summed E-state index contributed by atoms with van der Waals surface area (Å²) in [4.78, 5) is 37.7. The average molecular weight is 238 g/mol. The Morgan fingerprint density at radius 3 is 2.18 bits per heavy atom. The summed E-state index contributed by atoms with van der Waals surface area (Å²) < 4.78 is 5.38. The van der Waals surface area contributed by atoms with Gasteiger partial charge in [-0.05, 0) is 6.92 Å². The first-order valence-corrected chi connectivity index (χ1v) is 5.30. The summed E-state index contributed by atoms with van der Waals surface area (Å²) in [6.45, 7) is 2.04. The van der Waals surface area contributed by atoms with Gasteiger partial charge >= 0.3 is 6.03 Å². The molecule has 2 rings (SSSR count). The van der Waals surface area contributed by atoms with Gasteiger partial charge in [0.25, 0.3) is 11.8 Å². The molecule has 0 N–H and O–H groups in total. The number of hydrogen-bond donors (Lipinski definition) is 0. The Bertz CT molecular complexity index is 417. The zero-order valence-corrected chi connectivity index (χ0v) is 10.0. The second-order valence-electron chi connectivity index (χ2n) is 4.38. The van der Waals surface area contributed by atoms with E-state index < -0.39 is 23.4 Å². The molecule has 1 fully saturated rings. The van der Waals surface area contributed by atoms with Crippen molar-refractivity contribution in [3.8, 4) is 0 Å². The Kier molecular flexibility index (Phi) is 2.54. The van der Waals surface area contributed by atoms with E-state index in [1.54, 1.807) is 0 Å². The molecular formula is C11H14N2O4. The van der Waals surface area contributed by atoms with E-state index in [2.05, 4.69) is 0 Å². The van der Waals surface area contributed by atoms with Crippen LogP contribution in [-0.2, 0) is 14.3 Å². The van der Waals surface area contributed by atoms with Crippen LogP contribution < -0.4 is 0 Å². The molecule has 0 radical (unpaired) electrons. The molecule has 6 nitrogen and oxygen atoms in total. The van der Waals surface area contributed by atoms with Crippen molar-refractivity contribution in [2.45, 2.75) is 18.9 Å². The number of imide groups is 2. The van der Waals surface area contributed by atoms with Crippen molar-refractivity contribution in [2.24, 2.45) is 0 Å². The van der Waals surface area contributed by atoms with Crippen molar-refractivity contribution < 1.29 is 19.1 Å². The van der Waals surface area contributed by atoms with E-state index in [0.29, 0.717) is 0 Å². The third-order valence-electron chi connectivity index (χ3n) is 3.16. The molecule has 0 saturated carbocycles. The minimum atomic E-state index is -1.55. The van der Waals surface area contributed by atoms with Gasteiger partial charge in [0, 0.05) is 20.5 Å². The van der Waals surface area contributed by atoms with Crippen LogP contribution in [0, 0.1) is 0 Å². The lowest BCUT2D eigenvalue weighted by atomic mass is 9.88. The molecule has 0 aromatic heterocycles. The molecule has 2 aliphatic rings. The molecule has 0 aromatic carbocycles. The molecule has 0 aromatic rings. The molecule has 1 spiro atoms. The fourth-order valence-electron chi connectivity index (χ4n) is 2.15. The van der Waals surface area contributed by atoms with Crippen LogP contribution in [0.4, 0.5) is 4.79 Å². The maximum Gasteiger partial charge on any atom is 0.333 e. The fraction of sp³-hybridized carbons (Fsp3) is 0.545. The number of rotatable bonds is 0. The molecule has 6 heteroatoms. The molecule has 4 amide bonds.